The van der Waals surface area contributed by atoms with Gasteiger partial charge in [-0.25, -0.2) is 0 Å². The first-order valence-electron chi connectivity index (χ1n) is 43.4. The van der Waals surface area contributed by atoms with Crippen LogP contribution in [0.5, 0.6) is 0 Å². The number of unbranched alkanes of at least 4 members (excludes halogenated alkanes) is 66. The molecule has 0 saturated carbocycles. The van der Waals surface area contributed by atoms with E-state index in [0.29, 0.717) is 5.54 Å². The fourth-order valence-corrected chi connectivity index (χ4v) is 16.3. The molecule has 0 aliphatic carbocycles. The normalized spacial score (nSPS) is 12.8. The molecule has 0 aliphatic heterocycles. The predicted octanol–water partition coefficient (Wildman–Crippen LogP) is 32.7. The summed E-state index contributed by atoms with van der Waals surface area (Å²) in [6.45, 7) is 15.7. The first-order chi connectivity index (χ1) is 43.5. The molecule has 530 valence electrons. The Morgan fingerprint density at radius 1 is 0.170 bits per heavy atom. The summed E-state index contributed by atoms with van der Waals surface area (Å²) >= 11 is 0. The first-order valence-corrected chi connectivity index (χ1v) is 43.4. The standard InChI is InChI=1S/C87H178N/c1-8-14-20-26-32-38-44-50-56-62-68-74-80-86(81-75-69-63-57-51-45-39-33-27-21-15-9-2)88(7,85-79-73-67-61-55-49-43-37-31-25-19-13-6)87(82-76-70-64-58-52-46-40-34-28-22-16-10-3,83-77-71-65-59-53-47-41-35-29-23-17-11-4)84-78-72-66-60-54-48-42-36-30-24-18-12-5/h86H,8-85H2,1-7H3/q+1. The maximum absolute atomic E-state index is 3.01. The molecule has 1 atom stereocenters. The van der Waals surface area contributed by atoms with Gasteiger partial charge >= 0.3 is 0 Å². The average Bonchev–Trinajstić information content (AvgIpc) is 1.21. The topological polar surface area (TPSA) is 0 Å². The molecule has 1 heteroatoms. The van der Waals surface area contributed by atoms with Gasteiger partial charge in [-0.05, 0) is 57.8 Å². The SMILES string of the molecule is CCCCCCCCCCCCCCC(CCCCCCCCCCCCCC)[N+](C)(CCCCCCCCCCCCCC)C(CCCCCCCCCCCCCC)(CCCCCCCCCCCCCC)CCCCCCCCCCCCCC. The summed E-state index contributed by atoms with van der Waals surface area (Å²) in [6, 6.07) is 0.853. The minimum Gasteiger partial charge on any atom is -0.319 e. The second kappa shape index (κ2) is 74.4. The van der Waals surface area contributed by atoms with Crippen molar-refractivity contribution in [1.82, 2.24) is 0 Å². The van der Waals surface area contributed by atoms with E-state index < -0.39 is 0 Å². The third-order valence-electron chi connectivity index (χ3n) is 22.6. The number of hydrogen-bond donors (Lipinski definition) is 0. The van der Waals surface area contributed by atoms with Gasteiger partial charge < -0.3 is 4.48 Å². The van der Waals surface area contributed by atoms with Gasteiger partial charge in [0.1, 0.15) is 0 Å². The highest BCUT2D eigenvalue weighted by atomic mass is 15.4. The lowest BCUT2D eigenvalue weighted by Gasteiger charge is -2.57. The van der Waals surface area contributed by atoms with E-state index in [1.54, 1.807) is 0 Å². The molecule has 0 aliphatic rings. The van der Waals surface area contributed by atoms with Crippen LogP contribution < -0.4 is 0 Å². The van der Waals surface area contributed by atoms with Crippen LogP contribution in [0.3, 0.4) is 0 Å². The van der Waals surface area contributed by atoms with E-state index in [1.165, 1.54) is 505 Å². The highest BCUT2D eigenvalue weighted by Crippen LogP contribution is 2.44. The summed E-state index contributed by atoms with van der Waals surface area (Å²) in [7, 11) is 3.01. The van der Waals surface area contributed by atoms with Crippen LogP contribution in [0.2, 0.25) is 0 Å². The molecule has 1 nitrogen and oxygen atoms in total. The van der Waals surface area contributed by atoms with E-state index in [1.807, 2.05) is 0 Å². The Balaban J connectivity index is 6.90. The maximum atomic E-state index is 3.01. The second-order valence-corrected chi connectivity index (χ2v) is 31.0. The van der Waals surface area contributed by atoms with Crippen molar-refractivity contribution in [1.29, 1.82) is 0 Å². The second-order valence-electron chi connectivity index (χ2n) is 31.0. The van der Waals surface area contributed by atoms with Crippen LogP contribution in [0.25, 0.3) is 0 Å². The van der Waals surface area contributed by atoms with Crippen molar-refractivity contribution in [3.63, 3.8) is 0 Å². The van der Waals surface area contributed by atoms with Gasteiger partial charge in [0.2, 0.25) is 0 Å². The lowest BCUT2D eigenvalue weighted by molar-refractivity contribution is -0.983. The third-order valence-corrected chi connectivity index (χ3v) is 22.6. The smallest absolute Gasteiger partial charge is 0.0992 e. The summed E-state index contributed by atoms with van der Waals surface area (Å²) in [4.78, 5) is 0. The summed E-state index contributed by atoms with van der Waals surface area (Å²) in [6.07, 6.45) is 114. The zero-order valence-corrected chi connectivity index (χ0v) is 63.7. The fraction of sp³-hybridized carbons (Fsp3) is 1.00. The molecule has 0 N–H and O–H groups in total. The molecular formula is C87H178N+. The molecular weight excluding hydrogens is 1060 g/mol. The molecule has 0 bridgehead atoms. The van der Waals surface area contributed by atoms with Crippen LogP contribution in [-0.2, 0) is 0 Å². The van der Waals surface area contributed by atoms with Crippen LogP contribution in [0.4, 0.5) is 0 Å². The minimum atomic E-state index is 0.451. The van der Waals surface area contributed by atoms with E-state index >= 15 is 0 Å². The summed E-state index contributed by atoms with van der Waals surface area (Å²) in [5.41, 5.74) is 0.451. The monoisotopic (exact) mass is 1240 g/mol. The zero-order chi connectivity index (χ0) is 63.7. The van der Waals surface area contributed by atoms with Gasteiger partial charge in [-0.2, -0.15) is 0 Å². The van der Waals surface area contributed by atoms with Crippen molar-refractivity contribution in [2.24, 2.45) is 0 Å². The number of quaternary nitrogens is 1. The highest BCUT2D eigenvalue weighted by Gasteiger charge is 2.50. The van der Waals surface area contributed by atoms with E-state index in [4.69, 9.17) is 0 Å². The van der Waals surface area contributed by atoms with E-state index in [9.17, 15) is 0 Å². The molecule has 88 heavy (non-hydrogen) atoms. The lowest BCUT2D eigenvalue weighted by atomic mass is 9.75. The van der Waals surface area contributed by atoms with E-state index in [-0.39, 0.29) is 0 Å². The first kappa shape index (κ1) is 88.0. The molecule has 0 aromatic rings. The van der Waals surface area contributed by atoms with Crippen LogP contribution in [0.15, 0.2) is 0 Å². The van der Waals surface area contributed by atoms with Crippen LogP contribution in [0.1, 0.15) is 536 Å². The van der Waals surface area contributed by atoms with Gasteiger partial charge in [-0.15, -0.1) is 0 Å². The van der Waals surface area contributed by atoms with Gasteiger partial charge in [-0.1, -0.05) is 459 Å². The molecule has 0 spiro atoms. The lowest BCUT2D eigenvalue weighted by Crippen LogP contribution is -2.67. The summed E-state index contributed by atoms with van der Waals surface area (Å²) < 4.78 is 1.47. The summed E-state index contributed by atoms with van der Waals surface area (Å²) in [5, 5.41) is 0. The molecule has 0 radical (unpaired) electrons. The average molecular weight is 1240 g/mol. The largest absolute Gasteiger partial charge is 0.319 e. The van der Waals surface area contributed by atoms with Gasteiger partial charge in [0.25, 0.3) is 0 Å². The van der Waals surface area contributed by atoms with Crippen molar-refractivity contribution in [2.45, 2.75) is 548 Å². The Hall–Kier alpha value is -0.0400. The quantitative estimate of drug-likeness (QED) is 0.0421. The Morgan fingerprint density at radius 3 is 0.477 bits per heavy atom. The Kier molecular flexibility index (Phi) is 74.3. The van der Waals surface area contributed by atoms with Crippen LogP contribution in [0, 0.1) is 0 Å². The fourth-order valence-electron chi connectivity index (χ4n) is 16.3. The Morgan fingerprint density at radius 2 is 0.307 bits per heavy atom. The molecule has 1 unspecified atom stereocenters. The highest BCUT2D eigenvalue weighted by molar-refractivity contribution is 4.86. The van der Waals surface area contributed by atoms with E-state index in [2.05, 4.69) is 48.6 Å². The predicted molar refractivity (Wildman–Crippen MR) is 407 cm³/mol. The van der Waals surface area contributed by atoms with Gasteiger partial charge in [-0.3, -0.25) is 0 Å². The zero-order valence-electron chi connectivity index (χ0n) is 63.7. The number of rotatable bonds is 80. The molecule has 0 rings (SSSR count). The van der Waals surface area contributed by atoms with Crippen molar-refractivity contribution < 1.29 is 4.48 Å². The molecule has 0 heterocycles. The van der Waals surface area contributed by atoms with Crippen molar-refractivity contribution in [3.05, 3.63) is 0 Å². The van der Waals surface area contributed by atoms with Gasteiger partial charge in [0.05, 0.1) is 25.2 Å². The molecule has 0 saturated heterocycles. The number of nitrogens with zero attached hydrogens (tertiary/aromatic N) is 1. The molecule has 0 fully saturated rings. The van der Waals surface area contributed by atoms with E-state index in [0.717, 1.165) is 6.04 Å². The molecule has 0 aromatic carbocycles. The van der Waals surface area contributed by atoms with Crippen LogP contribution in [-0.4, -0.2) is 29.7 Å². The van der Waals surface area contributed by atoms with Crippen molar-refractivity contribution in [2.75, 3.05) is 13.6 Å². The summed E-state index contributed by atoms with van der Waals surface area (Å²) in [5.74, 6) is 0. The van der Waals surface area contributed by atoms with Crippen molar-refractivity contribution >= 4 is 0 Å². The number of hydrogen-bond acceptors (Lipinski definition) is 0. The third kappa shape index (κ3) is 58.5. The minimum absolute atomic E-state index is 0.451. The van der Waals surface area contributed by atoms with Crippen molar-refractivity contribution in [3.8, 4) is 0 Å². The Bertz CT molecular complexity index is 1120. The molecule has 0 amide bonds. The van der Waals surface area contributed by atoms with Crippen LogP contribution >= 0.6 is 0 Å². The van der Waals surface area contributed by atoms with Gasteiger partial charge in [0, 0.05) is 19.3 Å². The Labute approximate surface area is 562 Å². The molecule has 0 aromatic heterocycles. The maximum Gasteiger partial charge on any atom is 0.0992 e. The van der Waals surface area contributed by atoms with Gasteiger partial charge in [0.15, 0.2) is 0 Å².